The first-order valence-electron chi connectivity index (χ1n) is 7.79. The lowest BCUT2D eigenvalue weighted by Crippen LogP contribution is -2.42. The second-order valence-corrected chi connectivity index (χ2v) is 6.38. The lowest BCUT2D eigenvalue weighted by atomic mass is 9.79. The van der Waals surface area contributed by atoms with E-state index in [0.29, 0.717) is 12.5 Å². The fourth-order valence-electron chi connectivity index (χ4n) is 3.20. The van der Waals surface area contributed by atoms with Crippen molar-refractivity contribution in [2.24, 2.45) is 17.8 Å². The van der Waals surface area contributed by atoms with Crippen molar-refractivity contribution in [1.82, 2.24) is 10.2 Å². The number of piperidine rings is 2. The number of carbonyl (C=O) groups excluding carboxylic acids is 1. The number of ether oxygens (including phenoxy) is 1. The van der Waals surface area contributed by atoms with Gasteiger partial charge in [0, 0.05) is 13.1 Å². The first-order chi connectivity index (χ1) is 9.16. The molecule has 0 aromatic carbocycles. The third kappa shape index (κ3) is 4.37. The molecular formula is C15H28N2O2. The van der Waals surface area contributed by atoms with Crippen molar-refractivity contribution in [3.05, 3.63) is 0 Å². The molecule has 0 aromatic rings. The Kier molecular flexibility index (Phi) is 5.49. The van der Waals surface area contributed by atoms with Gasteiger partial charge in [0.05, 0.1) is 6.61 Å². The first-order valence-corrected chi connectivity index (χ1v) is 7.79. The maximum absolute atomic E-state index is 11.9. The van der Waals surface area contributed by atoms with Gasteiger partial charge in [0.1, 0.15) is 0 Å². The summed E-state index contributed by atoms with van der Waals surface area (Å²) < 4.78 is 5.30. The SMILES string of the molecule is CC(C)COC(=O)N1CCC(C2CCNCC2)CC1. The zero-order valence-electron chi connectivity index (χ0n) is 12.4. The molecule has 0 bridgehead atoms. The maximum Gasteiger partial charge on any atom is 0.409 e. The molecule has 0 radical (unpaired) electrons. The summed E-state index contributed by atoms with van der Waals surface area (Å²) in [6.45, 7) is 8.76. The van der Waals surface area contributed by atoms with Crippen LogP contribution in [-0.4, -0.2) is 43.8 Å². The minimum atomic E-state index is -0.113. The summed E-state index contributed by atoms with van der Waals surface area (Å²) in [5, 5.41) is 3.42. The molecule has 2 heterocycles. The van der Waals surface area contributed by atoms with Gasteiger partial charge in [-0.05, 0) is 56.5 Å². The average molecular weight is 268 g/mol. The third-order valence-corrected chi connectivity index (χ3v) is 4.39. The van der Waals surface area contributed by atoms with E-state index in [0.717, 1.165) is 37.8 Å². The van der Waals surface area contributed by atoms with Crippen LogP contribution in [0.5, 0.6) is 0 Å². The van der Waals surface area contributed by atoms with Gasteiger partial charge in [0.25, 0.3) is 0 Å². The molecule has 110 valence electrons. The highest BCUT2D eigenvalue weighted by molar-refractivity contribution is 5.67. The van der Waals surface area contributed by atoms with Crippen molar-refractivity contribution in [3.8, 4) is 0 Å². The van der Waals surface area contributed by atoms with Crippen molar-refractivity contribution in [2.75, 3.05) is 32.8 Å². The lowest BCUT2D eigenvalue weighted by Gasteiger charge is -2.37. The summed E-state index contributed by atoms with van der Waals surface area (Å²) in [5.74, 6) is 2.10. The summed E-state index contributed by atoms with van der Waals surface area (Å²) in [5.41, 5.74) is 0. The Bertz CT molecular complexity index is 280. The summed E-state index contributed by atoms with van der Waals surface area (Å²) in [6.07, 6.45) is 4.81. The number of nitrogens with one attached hydrogen (secondary N) is 1. The molecule has 1 N–H and O–H groups in total. The Morgan fingerprint density at radius 1 is 1.16 bits per heavy atom. The number of rotatable bonds is 3. The van der Waals surface area contributed by atoms with Crippen molar-refractivity contribution in [1.29, 1.82) is 0 Å². The molecule has 2 aliphatic rings. The molecule has 19 heavy (non-hydrogen) atoms. The predicted octanol–water partition coefficient (Wildman–Crippen LogP) is 2.49. The van der Waals surface area contributed by atoms with Crippen LogP contribution in [0.15, 0.2) is 0 Å². The summed E-state index contributed by atoms with van der Waals surface area (Å²) in [6, 6.07) is 0. The van der Waals surface area contributed by atoms with Gasteiger partial charge in [0.2, 0.25) is 0 Å². The number of nitrogens with zero attached hydrogens (tertiary/aromatic N) is 1. The zero-order chi connectivity index (χ0) is 13.7. The molecule has 0 aliphatic carbocycles. The van der Waals surface area contributed by atoms with E-state index in [9.17, 15) is 4.79 Å². The fourth-order valence-corrected chi connectivity index (χ4v) is 3.20. The standard InChI is InChI=1S/C15H28N2O2/c1-12(2)11-19-15(18)17-9-5-14(6-10-17)13-3-7-16-8-4-13/h12-14,16H,3-11H2,1-2H3. The smallest absolute Gasteiger partial charge is 0.409 e. The normalized spacial score (nSPS) is 22.8. The van der Waals surface area contributed by atoms with Gasteiger partial charge in [-0.1, -0.05) is 13.8 Å². The molecule has 2 rings (SSSR count). The Labute approximate surface area is 116 Å². The maximum atomic E-state index is 11.9. The van der Waals surface area contributed by atoms with Crippen LogP contribution < -0.4 is 5.32 Å². The molecule has 2 aliphatic heterocycles. The second-order valence-electron chi connectivity index (χ2n) is 6.38. The molecule has 0 unspecified atom stereocenters. The summed E-state index contributed by atoms with van der Waals surface area (Å²) in [4.78, 5) is 13.8. The van der Waals surface area contributed by atoms with Gasteiger partial charge < -0.3 is 15.0 Å². The molecule has 4 heteroatoms. The minimum Gasteiger partial charge on any atom is -0.449 e. The monoisotopic (exact) mass is 268 g/mol. The van der Waals surface area contributed by atoms with E-state index < -0.39 is 0 Å². The lowest BCUT2D eigenvalue weighted by molar-refractivity contribution is 0.0699. The number of carbonyl (C=O) groups is 1. The molecule has 0 spiro atoms. The largest absolute Gasteiger partial charge is 0.449 e. The fraction of sp³-hybridized carbons (Fsp3) is 0.933. The highest BCUT2D eigenvalue weighted by Crippen LogP contribution is 2.30. The Balaban J connectivity index is 1.70. The first kappa shape index (κ1) is 14.6. The average Bonchev–Trinajstić information content (AvgIpc) is 2.46. The Morgan fingerprint density at radius 2 is 1.74 bits per heavy atom. The zero-order valence-corrected chi connectivity index (χ0v) is 12.4. The van der Waals surface area contributed by atoms with E-state index >= 15 is 0 Å². The van der Waals surface area contributed by atoms with E-state index in [-0.39, 0.29) is 6.09 Å². The number of likely N-dealkylation sites (tertiary alicyclic amines) is 1. The van der Waals surface area contributed by atoms with Gasteiger partial charge >= 0.3 is 6.09 Å². The molecule has 1 amide bonds. The molecule has 2 fully saturated rings. The van der Waals surface area contributed by atoms with Gasteiger partial charge in [0.15, 0.2) is 0 Å². The quantitative estimate of drug-likeness (QED) is 0.855. The number of hydrogen-bond acceptors (Lipinski definition) is 3. The Hall–Kier alpha value is -0.770. The molecule has 2 saturated heterocycles. The molecule has 0 atom stereocenters. The van der Waals surface area contributed by atoms with Crippen LogP contribution in [0.1, 0.15) is 39.5 Å². The molecular weight excluding hydrogens is 240 g/mol. The van der Waals surface area contributed by atoms with E-state index in [2.05, 4.69) is 19.2 Å². The highest BCUT2D eigenvalue weighted by Gasteiger charge is 2.29. The van der Waals surface area contributed by atoms with Crippen LogP contribution >= 0.6 is 0 Å². The molecule has 0 aromatic heterocycles. The van der Waals surface area contributed by atoms with Crippen LogP contribution in [0, 0.1) is 17.8 Å². The minimum absolute atomic E-state index is 0.113. The van der Waals surface area contributed by atoms with Crippen LogP contribution in [0.3, 0.4) is 0 Å². The van der Waals surface area contributed by atoms with Crippen molar-refractivity contribution >= 4 is 6.09 Å². The highest BCUT2D eigenvalue weighted by atomic mass is 16.6. The summed E-state index contributed by atoms with van der Waals surface area (Å²) in [7, 11) is 0. The van der Waals surface area contributed by atoms with Crippen molar-refractivity contribution in [3.63, 3.8) is 0 Å². The van der Waals surface area contributed by atoms with E-state index in [4.69, 9.17) is 4.74 Å². The van der Waals surface area contributed by atoms with Crippen LogP contribution in [-0.2, 0) is 4.74 Å². The predicted molar refractivity (Wildman–Crippen MR) is 76.1 cm³/mol. The van der Waals surface area contributed by atoms with Gasteiger partial charge in [-0.15, -0.1) is 0 Å². The van der Waals surface area contributed by atoms with Crippen molar-refractivity contribution in [2.45, 2.75) is 39.5 Å². The van der Waals surface area contributed by atoms with E-state index in [1.165, 1.54) is 25.9 Å². The van der Waals surface area contributed by atoms with E-state index in [1.807, 2.05) is 4.90 Å². The second kappa shape index (κ2) is 7.13. The van der Waals surface area contributed by atoms with E-state index in [1.54, 1.807) is 0 Å². The van der Waals surface area contributed by atoms with Crippen LogP contribution in [0.25, 0.3) is 0 Å². The van der Waals surface area contributed by atoms with Gasteiger partial charge in [-0.2, -0.15) is 0 Å². The number of amides is 1. The van der Waals surface area contributed by atoms with Crippen LogP contribution in [0.2, 0.25) is 0 Å². The van der Waals surface area contributed by atoms with Crippen LogP contribution in [0.4, 0.5) is 4.79 Å². The summed E-state index contributed by atoms with van der Waals surface area (Å²) >= 11 is 0. The molecule has 4 nitrogen and oxygen atoms in total. The Morgan fingerprint density at radius 3 is 2.32 bits per heavy atom. The van der Waals surface area contributed by atoms with Gasteiger partial charge in [-0.25, -0.2) is 4.79 Å². The molecule has 0 saturated carbocycles. The number of hydrogen-bond donors (Lipinski definition) is 1. The van der Waals surface area contributed by atoms with Crippen molar-refractivity contribution < 1.29 is 9.53 Å². The van der Waals surface area contributed by atoms with Gasteiger partial charge in [-0.3, -0.25) is 0 Å². The third-order valence-electron chi connectivity index (χ3n) is 4.39. The topological polar surface area (TPSA) is 41.6 Å².